The molecule has 3 rings (SSSR count). The SMILES string of the molecule is O=S(=O)(c1ccc(Cl)cc1)C1NCCC1c1cccc(F)c1. The summed E-state index contributed by atoms with van der Waals surface area (Å²) in [5.74, 6) is -0.622. The minimum Gasteiger partial charge on any atom is -0.300 e. The average molecular weight is 340 g/mol. The van der Waals surface area contributed by atoms with Gasteiger partial charge in [-0.3, -0.25) is 0 Å². The normalized spacial score (nSPS) is 21.9. The van der Waals surface area contributed by atoms with Crippen LogP contribution in [0.5, 0.6) is 0 Å². The van der Waals surface area contributed by atoms with Crippen LogP contribution in [-0.4, -0.2) is 20.3 Å². The van der Waals surface area contributed by atoms with Crippen LogP contribution in [0.3, 0.4) is 0 Å². The van der Waals surface area contributed by atoms with Gasteiger partial charge < -0.3 is 5.32 Å². The van der Waals surface area contributed by atoms with E-state index in [-0.39, 0.29) is 16.6 Å². The van der Waals surface area contributed by atoms with Crippen LogP contribution in [0, 0.1) is 5.82 Å². The van der Waals surface area contributed by atoms with Crippen LogP contribution >= 0.6 is 11.6 Å². The molecule has 0 aromatic heterocycles. The number of nitrogens with one attached hydrogen (secondary N) is 1. The van der Waals surface area contributed by atoms with E-state index in [4.69, 9.17) is 11.6 Å². The zero-order valence-electron chi connectivity index (χ0n) is 11.7. The van der Waals surface area contributed by atoms with E-state index in [1.807, 2.05) is 0 Å². The van der Waals surface area contributed by atoms with E-state index in [0.29, 0.717) is 23.6 Å². The summed E-state index contributed by atoms with van der Waals surface area (Å²) in [6.45, 7) is 0.582. The Morgan fingerprint density at radius 3 is 2.55 bits per heavy atom. The molecule has 0 amide bonds. The van der Waals surface area contributed by atoms with E-state index in [1.165, 1.54) is 24.3 Å². The van der Waals surface area contributed by atoms with Gasteiger partial charge in [0.15, 0.2) is 9.84 Å². The maximum absolute atomic E-state index is 13.4. The maximum atomic E-state index is 13.4. The highest BCUT2D eigenvalue weighted by atomic mass is 35.5. The molecule has 1 aliphatic heterocycles. The molecule has 2 aromatic rings. The maximum Gasteiger partial charge on any atom is 0.194 e. The van der Waals surface area contributed by atoms with Gasteiger partial charge in [-0.2, -0.15) is 0 Å². The van der Waals surface area contributed by atoms with Gasteiger partial charge in [0.05, 0.1) is 4.90 Å². The fourth-order valence-electron chi connectivity index (χ4n) is 2.85. The fraction of sp³-hybridized carbons (Fsp3) is 0.250. The molecule has 2 atom stereocenters. The molecule has 1 N–H and O–H groups in total. The van der Waals surface area contributed by atoms with Gasteiger partial charge in [0.25, 0.3) is 0 Å². The highest BCUT2D eigenvalue weighted by Crippen LogP contribution is 2.34. The summed E-state index contributed by atoms with van der Waals surface area (Å²) in [6, 6.07) is 12.2. The average Bonchev–Trinajstić information content (AvgIpc) is 2.98. The van der Waals surface area contributed by atoms with Crippen molar-refractivity contribution in [2.45, 2.75) is 22.6 Å². The summed E-state index contributed by atoms with van der Waals surface area (Å²) in [7, 11) is -3.56. The van der Waals surface area contributed by atoms with Gasteiger partial charge in [0.1, 0.15) is 11.2 Å². The Bertz CT molecular complexity index is 777. The minimum atomic E-state index is -3.56. The van der Waals surface area contributed by atoms with Crippen LogP contribution in [-0.2, 0) is 9.84 Å². The predicted molar refractivity (Wildman–Crippen MR) is 84.2 cm³/mol. The molecular weight excluding hydrogens is 325 g/mol. The van der Waals surface area contributed by atoms with Gasteiger partial charge >= 0.3 is 0 Å². The van der Waals surface area contributed by atoms with Gasteiger partial charge in [-0.05, 0) is 54.9 Å². The van der Waals surface area contributed by atoms with Crippen molar-refractivity contribution >= 4 is 21.4 Å². The Balaban J connectivity index is 1.97. The molecule has 116 valence electrons. The monoisotopic (exact) mass is 339 g/mol. The summed E-state index contributed by atoms with van der Waals surface area (Å²) in [6.07, 6.45) is 0.654. The Morgan fingerprint density at radius 1 is 1.14 bits per heavy atom. The van der Waals surface area contributed by atoms with Gasteiger partial charge in [0, 0.05) is 10.9 Å². The molecule has 1 saturated heterocycles. The van der Waals surface area contributed by atoms with Crippen LogP contribution in [0.2, 0.25) is 5.02 Å². The standard InChI is InChI=1S/C16H15ClFNO2S/c17-12-4-6-14(7-5-12)22(20,21)16-15(8-9-19-16)11-2-1-3-13(18)10-11/h1-7,10,15-16,19H,8-9H2. The Hall–Kier alpha value is -1.43. The summed E-state index contributed by atoms with van der Waals surface area (Å²) < 4.78 is 39.1. The first kappa shape index (κ1) is 15.5. The lowest BCUT2D eigenvalue weighted by atomic mass is 9.98. The lowest BCUT2D eigenvalue weighted by molar-refractivity contribution is 0.557. The van der Waals surface area contributed by atoms with E-state index in [9.17, 15) is 12.8 Å². The summed E-state index contributed by atoms with van der Waals surface area (Å²) >= 11 is 5.81. The summed E-state index contributed by atoms with van der Waals surface area (Å²) in [4.78, 5) is 0.220. The smallest absolute Gasteiger partial charge is 0.194 e. The van der Waals surface area contributed by atoms with Crippen LogP contribution < -0.4 is 5.32 Å². The molecule has 1 aliphatic rings. The Labute approximate surface area is 134 Å². The molecule has 1 fully saturated rings. The van der Waals surface area contributed by atoms with Crippen molar-refractivity contribution in [1.82, 2.24) is 5.32 Å². The second kappa shape index (κ2) is 5.99. The third-order valence-electron chi connectivity index (χ3n) is 3.92. The quantitative estimate of drug-likeness (QED) is 0.932. The molecule has 0 spiro atoms. The van der Waals surface area contributed by atoms with Crippen molar-refractivity contribution in [2.24, 2.45) is 0 Å². The zero-order valence-corrected chi connectivity index (χ0v) is 13.2. The zero-order chi connectivity index (χ0) is 15.7. The highest BCUT2D eigenvalue weighted by molar-refractivity contribution is 7.92. The lowest BCUT2D eigenvalue weighted by Gasteiger charge is -2.20. The van der Waals surface area contributed by atoms with E-state index < -0.39 is 15.2 Å². The molecule has 0 radical (unpaired) electrons. The molecule has 6 heteroatoms. The predicted octanol–water partition coefficient (Wildman–Crippen LogP) is 3.36. The number of benzene rings is 2. The van der Waals surface area contributed by atoms with E-state index in [1.54, 1.807) is 24.3 Å². The number of sulfone groups is 1. The topological polar surface area (TPSA) is 46.2 Å². The van der Waals surface area contributed by atoms with Gasteiger partial charge in [0.2, 0.25) is 0 Å². The van der Waals surface area contributed by atoms with Crippen LogP contribution in [0.25, 0.3) is 0 Å². The first-order valence-electron chi connectivity index (χ1n) is 6.97. The van der Waals surface area contributed by atoms with E-state index in [2.05, 4.69) is 5.32 Å². The Kier molecular flexibility index (Phi) is 4.21. The van der Waals surface area contributed by atoms with E-state index >= 15 is 0 Å². The molecule has 1 heterocycles. The molecule has 0 aliphatic carbocycles. The van der Waals surface area contributed by atoms with Crippen molar-refractivity contribution in [1.29, 1.82) is 0 Å². The van der Waals surface area contributed by atoms with Crippen molar-refractivity contribution in [3.05, 3.63) is 64.9 Å². The molecular formula is C16H15ClFNO2S. The van der Waals surface area contributed by atoms with Crippen LogP contribution in [0.15, 0.2) is 53.4 Å². The van der Waals surface area contributed by atoms with Gasteiger partial charge in [-0.25, -0.2) is 12.8 Å². The largest absolute Gasteiger partial charge is 0.300 e. The molecule has 0 saturated carbocycles. The number of hydrogen-bond donors (Lipinski definition) is 1. The highest BCUT2D eigenvalue weighted by Gasteiger charge is 2.39. The lowest BCUT2D eigenvalue weighted by Crippen LogP contribution is -2.34. The Morgan fingerprint density at radius 2 is 1.86 bits per heavy atom. The van der Waals surface area contributed by atoms with E-state index in [0.717, 1.165) is 0 Å². The minimum absolute atomic E-state index is 0.220. The number of hydrogen-bond acceptors (Lipinski definition) is 3. The first-order valence-corrected chi connectivity index (χ1v) is 8.89. The first-order chi connectivity index (χ1) is 10.5. The van der Waals surface area contributed by atoms with Crippen molar-refractivity contribution in [3.8, 4) is 0 Å². The molecule has 2 unspecified atom stereocenters. The van der Waals surface area contributed by atoms with Crippen LogP contribution in [0.4, 0.5) is 4.39 Å². The summed E-state index contributed by atoms with van der Waals surface area (Å²) in [5, 5.41) is 2.77. The van der Waals surface area contributed by atoms with Gasteiger partial charge in [-0.15, -0.1) is 0 Å². The molecule has 3 nitrogen and oxygen atoms in total. The van der Waals surface area contributed by atoms with Crippen molar-refractivity contribution < 1.29 is 12.8 Å². The van der Waals surface area contributed by atoms with Crippen molar-refractivity contribution in [2.75, 3.05) is 6.54 Å². The third-order valence-corrected chi connectivity index (χ3v) is 6.26. The second-order valence-electron chi connectivity index (χ2n) is 5.32. The number of halogens is 2. The fourth-order valence-corrected chi connectivity index (χ4v) is 4.85. The third kappa shape index (κ3) is 2.89. The summed E-state index contributed by atoms with van der Waals surface area (Å²) in [5.41, 5.74) is 0.701. The number of rotatable bonds is 3. The second-order valence-corrected chi connectivity index (χ2v) is 7.83. The van der Waals surface area contributed by atoms with Gasteiger partial charge in [-0.1, -0.05) is 23.7 Å². The molecule has 2 aromatic carbocycles. The van der Waals surface area contributed by atoms with Crippen molar-refractivity contribution in [3.63, 3.8) is 0 Å². The van der Waals surface area contributed by atoms with Crippen LogP contribution in [0.1, 0.15) is 17.9 Å². The molecule has 0 bridgehead atoms. The molecule has 22 heavy (non-hydrogen) atoms.